The zero-order valence-electron chi connectivity index (χ0n) is 21.6. The predicted molar refractivity (Wildman–Crippen MR) is 155 cm³/mol. The number of aromatic amines is 2. The lowest BCUT2D eigenvalue weighted by atomic mass is 10.0. The lowest BCUT2D eigenvalue weighted by Gasteiger charge is -2.08. The number of pyridine rings is 1. The number of H-pyrrole nitrogens is 2. The number of rotatable bonds is 6. The van der Waals surface area contributed by atoms with E-state index in [1.165, 1.54) is 0 Å². The number of hydrogen-bond acceptors (Lipinski definition) is 5. The Labute approximate surface area is 229 Å². The van der Waals surface area contributed by atoms with Crippen LogP contribution in [-0.2, 0) is 11.2 Å². The van der Waals surface area contributed by atoms with Gasteiger partial charge < -0.3 is 14.9 Å². The number of benzene rings is 3. The Bertz CT molecular complexity index is 2000. The summed E-state index contributed by atoms with van der Waals surface area (Å²) < 4.78 is 1.97. The summed E-state index contributed by atoms with van der Waals surface area (Å²) in [6, 6.07) is 23.7. The van der Waals surface area contributed by atoms with Gasteiger partial charge in [0.2, 0.25) is 5.91 Å². The van der Waals surface area contributed by atoms with E-state index in [0.717, 1.165) is 55.7 Å². The van der Waals surface area contributed by atoms with Crippen LogP contribution in [0.2, 0.25) is 0 Å². The van der Waals surface area contributed by atoms with Crippen molar-refractivity contribution in [2.75, 3.05) is 5.32 Å². The fraction of sp³-hybridized carbons (Fsp3) is 0.0645. The summed E-state index contributed by atoms with van der Waals surface area (Å²) in [4.78, 5) is 29.7. The van der Waals surface area contributed by atoms with Crippen molar-refractivity contribution in [1.82, 2.24) is 34.7 Å². The SMILES string of the molecule is Cc1cn(-c2cccc3[nH]c(-c4n[nH]c5ccc(-c6cncc(NC(=O)Cc7ccccc7)c6)cc45)nc23)cn1. The first kappa shape index (κ1) is 23.5. The van der Waals surface area contributed by atoms with Crippen molar-refractivity contribution in [3.63, 3.8) is 0 Å². The molecule has 0 aliphatic carbocycles. The topological polar surface area (TPSA) is 117 Å². The second-order valence-corrected chi connectivity index (χ2v) is 9.69. The molecule has 9 nitrogen and oxygen atoms in total. The average molecular weight is 525 g/mol. The third-order valence-electron chi connectivity index (χ3n) is 6.83. The van der Waals surface area contributed by atoms with Gasteiger partial charge in [-0.25, -0.2) is 9.97 Å². The molecule has 0 bridgehead atoms. The molecular weight excluding hydrogens is 500 g/mol. The molecule has 0 atom stereocenters. The van der Waals surface area contributed by atoms with Crippen LogP contribution >= 0.6 is 0 Å². The molecule has 194 valence electrons. The van der Waals surface area contributed by atoms with Crippen LogP contribution < -0.4 is 5.32 Å². The largest absolute Gasteiger partial charge is 0.336 e. The number of carbonyl (C=O) groups excluding carboxylic acids is 1. The predicted octanol–water partition coefficient (Wildman–Crippen LogP) is 5.84. The van der Waals surface area contributed by atoms with E-state index in [4.69, 9.17) is 4.98 Å². The highest BCUT2D eigenvalue weighted by molar-refractivity contribution is 5.97. The number of carbonyl (C=O) groups is 1. The molecule has 0 spiro atoms. The van der Waals surface area contributed by atoms with Gasteiger partial charge in [0.05, 0.1) is 47.0 Å². The number of para-hydroxylation sites is 1. The van der Waals surface area contributed by atoms with E-state index >= 15 is 0 Å². The molecule has 0 saturated heterocycles. The van der Waals surface area contributed by atoms with Crippen LogP contribution in [0, 0.1) is 6.92 Å². The van der Waals surface area contributed by atoms with Crippen molar-refractivity contribution in [2.24, 2.45) is 0 Å². The first-order valence-electron chi connectivity index (χ1n) is 12.9. The number of fused-ring (bicyclic) bond motifs is 2. The van der Waals surface area contributed by atoms with E-state index in [2.05, 4.69) is 36.5 Å². The molecule has 3 aromatic carbocycles. The third-order valence-corrected chi connectivity index (χ3v) is 6.83. The van der Waals surface area contributed by atoms with Gasteiger partial charge in [-0.1, -0.05) is 42.5 Å². The van der Waals surface area contributed by atoms with Crippen LogP contribution in [0.5, 0.6) is 0 Å². The van der Waals surface area contributed by atoms with Crippen molar-refractivity contribution in [3.05, 3.63) is 109 Å². The number of hydrogen-bond donors (Lipinski definition) is 3. The molecule has 0 saturated carbocycles. The van der Waals surface area contributed by atoms with Gasteiger partial charge in [0.25, 0.3) is 0 Å². The molecule has 9 heteroatoms. The normalized spacial score (nSPS) is 11.3. The summed E-state index contributed by atoms with van der Waals surface area (Å²) in [6.07, 6.45) is 7.51. The number of aryl methyl sites for hydroxylation is 1. The summed E-state index contributed by atoms with van der Waals surface area (Å²) in [5.41, 5.74) is 8.68. The molecular formula is C31H24N8O. The van der Waals surface area contributed by atoms with Crippen LogP contribution in [0.25, 0.3) is 50.3 Å². The fourth-order valence-electron chi connectivity index (χ4n) is 4.92. The van der Waals surface area contributed by atoms with E-state index in [1.807, 2.05) is 84.4 Å². The van der Waals surface area contributed by atoms with Crippen LogP contribution in [0.4, 0.5) is 5.69 Å². The number of anilines is 1. The van der Waals surface area contributed by atoms with Gasteiger partial charge in [0.15, 0.2) is 5.82 Å². The maximum absolute atomic E-state index is 12.6. The first-order chi connectivity index (χ1) is 19.6. The standard InChI is InChI=1S/C31H24N8O/c1-19-17-39(18-33-19)27-9-5-8-26-30(27)36-31(35-26)29-24-14-21(10-11-25(24)37-38-29)22-13-23(16-32-15-22)34-28(40)12-20-6-3-2-4-7-20/h2-11,13-18H,12H2,1H3,(H,34,40)(H,35,36)(H,37,38). The second-order valence-electron chi connectivity index (χ2n) is 9.69. The summed E-state index contributed by atoms with van der Waals surface area (Å²) in [5, 5.41) is 11.6. The van der Waals surface area contributed by atoms with Crippen molar-refractivity contribution >= 4 is 33.5 Å². The van der Waals surface area contributed by atoms with Crippen molar-refractivity contribution in [2.45, 2.75) is 13.3 Å². The Hall–Kier alpha value is -5.57. The van der Waals surface area contributed by atoms with E-state index < -0.39 is 0 Å². The number of nitrogens with zero attached hydrogens (tertiary/aromatic N) is 5. The molecule has 7 aromatic rings. The number of aromatic nitrogens is 7. The van der Waals surface area contributed by atoms with Gasteiger partial charge >= 0.3 is 0 Å². The summed E-state index contributed by atoms with van der Waals surface area (Å²) in [7, 11) is 0. The molecule has 0 fully saturated rings. The minimum atomic E-state index is -0.0900. The maximum Gasteiger partial charge on any atom is 0.228 e. The Morgan fingerprint density at radius 1 is 0.950 bits per heavy atom. The van der Waals surface area contributed by atoms with Crippen LogP contribution in [0.1, 0.15) is 11.3 Å². The zero-order valence-corrected chi connectivity index (χ0v) is 21.6. The van der Waals surface area contributed by atoms with E-state index in [0.29, 0.717) is 17.9 Å². The van der Waals surface area contributed by atoms with E-state index in [-0.39, 0.29) is 5.91 Å². The Morgan fingerprint density at radius 3 is 2.70 bits per heavy atom. The summed E-state index contributed by atoms with van der Waals surface area (Å²) >= 11 is 0. The minimum absolute atomic E-state index is 0.0900. The minimum Gasteiger partial charge on any atom is -0.336 e. The summed E-state index contributed by atoms with van der Waals surface area (Å²) in [6.45, 7) is 1.96. The number of imidazole rings is 2. The molecule has 0 aliphatic heterocycles. The lowest BCUT2D eigenvalue weighted by Crippen LogP contribution is -2.14. The van der Waals surface area contributed by atoms with Gasteiger partial charge in [-0.3, -0.25) is 14.9 Å². The first-order valence-corrected chi connectivity index (χ1v) is 12.9. The highest BCUT2D eigenvalue weighted by atomic mass is 16.1. The number of amides is 1. The molecule has 0 aliphatic rings. The fourth-order valence-corrected chi connectivity index (χ4v) is 4.92. The second kappa shape index (κ2) is 9.63. The van der Waals surface area contributed by atoms with Gasteiger partial charge in [-0.05, 0) is 48.4 Å². The van der Waals surface area contributed by atoms with Crippen molar-refractivity contribution < 1.29 is 4.79 Å². The van der Waals surface area contributed by atoms with Gasteiger partial charge in [0, 0.05) is 23.3 Å². The van der Waals surface area contributed by atoms with Crippen LogP contribution in [0.3, 0.4) is 0 Å². The number of nitrogens with one attached hydrogen (secondary N) is 3. The highest BCUT2D eigenvalue weighted by Gasteiger charge is 2.16. The smallest absolute Gasteiger partial charge is 0.228 e. The molecule has 0 radical (unpaired) electrons. The monoisotopic (exact) mass is 524 g/mol. The van der Waals surface area contributed by atoms with Crippen molar-refractivity contribution in [3.8, 4) is 28.3 Å². The van der Waals surface area contributed by atoms with Crippen LogP contribution in [-0.4, -0.2) is 40.6 Å². The van der Waals surface area contributed by atoms with Gasteiger partial charge in [0.1, 0.15) is 11.2 Å². The van der Waals surface area contributed by atoms with E-state index in [9.17, 15) is 4.79 Å². The molecule has 40 heavy (non-hydrogen) atoms. The molecule has 1 amide bonds. The molecule has 0 unspecified atom stereocenters. The van der Waals surface area contributed by atoms with Gasteiger partial charge in [-0.15, -0.1) is 0 Å². The average Bonchev–Trinajstić information content (AvgIpc) is 3.71. The van der Waals surface area contributed by atoms with Crippen molar-refractivity contribution in [1.29, 1.82) is 0 Å². The Kier molecular flexibility index (Phi) is 5.67. The van der Waals surface area contributed by atoms with E-state index in [1.54, 1.807) is 18.7 Å². The maximum atomic E-state index is 12.6. The third kappa shape index (κ3) is 4.39. The zero-order chi connectivity index (χ0) is 27.1. The molecule has 4 aromatic heterocycles. The summed E-state index contributed by atoms with van der Waals surface area (Å²) in [5.74, 6) is 0.579. The molecule has 7 rings (SSSR count). The van der Waals surface area contributed by atoms with Gasteiger partial charge in [-0.2, -0.15) is 5.10 Å². The lowest BCUT2D eigenvalue weighted by molar-refractivity contribution is -0.115. The quantitative estimate of drug-likeness (QED) is 0.253. The highest BCUT2D eigenvalue weighted by Crippen LogP contribution is 2.32. The molecule has 4 heterocycles. The Balaban J connectivity index is 1.21. The molecule has 3 N–H and O–H groups in total. The Morgan fingerprint density at radius 2 is 1.85 bits per heavy atom. The van der Waals surface area contributed by atoms with Crippen LogP contribution in [0.15, 0.2) is 97.7 Å².